The molecule has 2 nitrogen and oxygen atoms in total. The average Bonchev–Trinajstić information content (AvgIpc) is 3.34. The van der Waals surface area contributed by atoms with Gasteiger partial charge in [-0.2, -0.15) is 0 Å². The molecule has 60 heavy (non-hydrogen) atoms. The minimum Gasteiger partial charge on any atom is -0.308 e. The minimum atomic E-state index is 1.06. The van der Waals surface area contributed by atoms with Gasteiger partial charge in [0.05, 0.1) is 11.4 Å². The number of nitrogens with zero attached hydrogens (tertiary/aromatic N) is 2. The van der Waals surface area contributed by atoms with Gasteiger partial charge in [-0.3, -0.25) is 0 Å². The summed E-state index contributed by atoms with van der Waals surface area (Å²) in [5, 5.41) is 2.34. The maximum Gasteiger partial charge on any atom is 0.0708 e. The average molecular weight is 767 g/mol. The lowest BCUT2D eigenvalue weighted by Gasteiger charge is -2.34. The SMILES string of the molecule is c1ccc(-c2ccc(N(c3ccc(-c4ccccc4)cc3)c3cc4ccccc4cc3N(c3ccc(-c4ccccc4)cc3)c3ccc(-c4ccccc4)cc3)cc2)cc1. The smallest absolute Gasteiger partial charge is 0.0708 e. The second-order valence-corrected chi connectivity index (χ2v) is 15.0. The predicted molar refractivity (Wildman–Crippen MR) is 255 cm³/mol. The van der Waals surface area contributed by atoms with E-state index >= 15 is 0 Å². The zero-order chi connectivity index (χ0) is 40.1. The van der Waals surface area contributed by atoms with Gasteiger partial charge in [0, 0.05) is 22.7 Å². The van der Waals surface area contributed by atoms with E-state index in [0.29, 0.717) is 0 Å². The molecule has 10 aromatic rings. The highest BCUT2D eigenvalue weighted by Gasteiger charge is 2.24. The summed E-state index contributed by atoms with van der Waals surface area (Å²) in [5.41, 5.74) is 15.9. The van der Waals surface area contributed by atoms with Crippen molar-refractivity contribution in [2.45, 2.75) is 0 Å². The third-order valence-electron chi connectivity index (χ3n) is 11.3. The molecule has 0 aromatic heterocycles. The Morgan fingerprint density at radius 1 is 0.183 bits per heavy atom. The fraction of sp³-hybridized carbons (Fsp3) is 0. The van der Waals surface area contributed by atoms with E-state index in [1.54, 1.807) is 0 Å². The summed E-state index contributed by atoms with van der Waals surface area (Å²) < 4.78 is 0. The molecule has 284 valence electrons. The summed E-state index contributed by atoms with van der Waals surface area (Å²) in [5.74, 6) is 0. The molecule has 0 spiro atoms. The van der Waals surface area contributed by atoms with Crippen molar-refractivity contribution >= 4 is 44.9 Å². The second kappa shape index (κ2) is 16.5. The first-order valence-corrected chi connectivity index (χ1v) is 20.5. The molecule has 0 aliphatic rings. The molecule has 0 aliphatic carbocycles. The van der Waals surface area contributed by atoms with Crippen LogP contribution in [0.3, 0.4) is 0 Å². The van der Waals surface area contributed by atoms with Crippen LogP contribution in [0.4, 0.5) is 34.1 Å². The molecule has 0 saturated carbocycles. The molecule has 0 saturated heterocycles. The molecule has 0 atom stereocenters. The quantitative estimate of drug-likeness (QED) is 0.137. The van der Waals surface area contributed by atoms with Crippen LogP contribution in [0.25, 0.3) is 55.3 Å². The van der Waals surface area contributed by atoms with E-state index in [1.807, 2.05) is 0 Å². The number of hydrogen-bond donors (Lipinski definition) is 0. The molecular formula is C58H42N2. The number of rotatable bonds is 10. The van der Waals surface area contributed by atoms with Crippen LogP contribution in [0.1, 0.15) is 0 Å². The number of hydrogen-bond acceptors (Lipinski definition) is 2. The van der Waals surface area contributed by atoms with Gasteiger partial charge in [-0.1, -0.05) is 194 Å². The van der Waals surface area contributed by atoms with E-state index in [2.05, 4.69) is 265 Å². The predicted octanol–water partition coefficient (Wildman–Crippen LogP) is 16.4. The molecule has 0 amide bonds. The van der Waals surface area contributed by atoms with Crippen LogP contribution in [0.5, 0.6) is 0 Å². The molecule has 0 N–H and O–H groups in total. The molecule has 10 aromatic carbocycles. The van der Waals surface area contributed by atoms with Crippen LogP contribution in [-0.4, -0.2) is 0 Å². The Morgan fingerprint density at radius 2 is 0.383 bits per heavy atom. The highest BCUT2D eigenvalue weighted by atomic mass is 15.2. The van der Waals surface area contributed by atoms with E-state index in [1.165, 1.54) is 55.3 Å². The van der Waals surface area contributed by atoms with E-state index in [0.717, 1.165) is 34.1 Å². The minimum absolute atomic E-state index is 1.06. The fourth-order valence-electron chi connectivity index (χ4n) is 8.16. The number of benzene rings is 10. The first kappa shape index (κ1) is 36.4. The first-order valence-electron chi connectivity index (χ1n) is 20.5. The van der Waals surface area contributed by atoms with Crippen molar-refractivity contribution in [1.29, 1.82) is 0 Å². The van der Waals surface area contributed by atoms with Gasteiger partial charge in [0.1, 0.15) is 0 Å². The number of anilines is 6. The van der Waals surface area contributed by atoms with Crippen molar-refractivity contribution in [3.8, 4) is 44.5 Å². The van der Waals surface area contributed by atoms with Crippen LogP contribution >= 0.6 is 0 Å². The highest BCUT2D eigenvalue weighted by molar-refractivity contribution is 6.00. The maximum atomic E-state index is 2.41. The summed E-state index contributed by atoms with van der Waals surface area (Å²) in [7, 11) is 0. The highest BCUT2D eigenvalue weighted by Crippen LogP contribution is 2.48. The molecule has 0 aliphatic heterocycles. The summed E-state index contributed by atoms with van der Waals surface area (Å²) in [4.78, 5) is 4.82. The van der Waals surface area contributed by atoms with Crippen molar-refractivity contribution in [3.05, 3.63) is 255 Å². The van der Waals surface area contributed by atoms with Gasteiger partial charge in [0.2, 0.25) is 0 Å². The molecular weight excluding hydrogens is 725 g/mol. The van der Waals surface area contributed by atoms with Crippen molar-refractivity contribution in [2.75, 3.05) is 9.80 Å². The van der Waals surface area contributed by atoms with Gasteiger partial charge in [-0.05, 0) is 116 Å². The summed E-state index contributed by atoms with van der Waals surface area (Å²) in [6.07, 6.45) is 0. The Labute approximate surface area is 352 Å². The molecule has 0 fully saturated rings. The molecule has 0 heterocycles. The van der Waals surface area contributed by atoms with E-state index in [9.17, 15) is 0 Å². The van der Waals surface area contributed by atoms with Crippen LogP contribution in [-0.2, 0) is 0 Å². The second-order valence-electron chi connectivity index (χ2n) is 15.0. The monoisotopic (exact) mass is 766 g/mol. The molecule has 2 heteroatoms. The van der Waals surface area contributed by atoms with Crippen LogP contribution in [0.15, 0.2) is 255 Å². The molecule has 0 bridgehead atoms. The lowest BCUT2D eigenvalue weighted by Crippen LogP contribution is -2.17. The Morgan fingerprint density at radius 3 is 0.617 bits per heavy atom. The van der Waals surface area contributed by atoms with Crippen molar-refractivity contribution in [1.82, 2.24) is 0 Å². The Hall–Kier alpha value is -7.94. The Kier molecular flexibility index (Phi) is 10.0. The largest absolute Gasteiger partial charge is 0.308 e. The van der Waals surface area contributed by atoms with Crippen molar-refractivity contribution < 1.29 is 0 Å². The molecule has 10 rings (SSSR count). The fourth-order valence-corrected chi connectivity index (χ4v) is 8.16. The summed E-state index contributed by atoms with van der Waals surface area (Å²) in [6, 6.07) is 91.6. The van der Waals surface area contributed by atoms with Gasteiger partial charge in [-0.25, -0.2) is 0 Å². The summed E-state index contributed by atoms with van der Waals surface area (Å²) in [6.45, 7) is 0. The standard InChI is InChI=1S/C58H42N2/c1-5-15-43(16-6-1)47-25-33-53(34-26-47)59(54-35-27-48(28-36-54)44-17-7-2-8-18-44)57-41-51-23-13-14-24-52(51)42-58(57)60(55-37-29-49(30-38-55)45-19-9-3-10-20-45)56-39-31-50(32-40-56)46-21-11-4-12-22-46/h1-42H. The van der Waals surface area contributed by atoms with Gasteiger partial charge in [0.25, 0.3) is 0 Å². The Bertz CT molecular complexity index is 2590. The van der Waals surface area contributed by atoms with Crippen LogP contribution in [0, 0.1) is 0 Å². The third-order valence-corrected chi connectivity index (χ3v) is 11.3. The zero-order valence-corrected chi connectivity index (χ0v) is 33.1. The molecule has 0 unspecified atom stereocenters. The topological polar surface area (TPSA) is 6.48 Å². The summed E-state index contributed by atoms with van der Waals surface area (Å²) >= 11 is 0. The van der Waals surface area contributed by atoms with E-state index in [4.69, 9.17) is 0 Å². The lowest BCUT2D eigenvalue weighted by atomic mass is 10.0. The van der Waals surface area contributed by atoms with Gasteiger partial charge in [-0.15, -0.1) is 0 Å². The normalized spacial score (nSPS) is 11.0. The zero-order valence-electron chi connectivity index (χ0n) is 33.1. The van der Waals surface area contributed by atoms with Crippen LogP contribution in [0.2, 0.25) is 0 Å². The Balaban J connectivity index is 1.18. The van der Waals surface area contributed by atoms with Gasteiger partial charge < -0.3 is 9.80 Å². The van der Waals surface area contributed by atoms with Crippen LogP contribution < -0.4 is 9.80 Å². The number of fused-ring (bicyclic) bond motifs is 1. The van der Waals surface area contributed by atoms with Crippen molar-refractivity contribution in [3.63, 3.8) is 0 Å². The van der Waals surface area contributed by atoms with Gasteiger partial charge in [0.15, 0.2) is 0 Å². The first-order chi connectivity index (χ1) is 29.7. The lowest BCUT2D eigenvalue weighted by molar-refractivity contribution is 1.23. The maximum absolute atomic E-state index is 2.41. The molecule has 0 radical (unpaired) electrons. The van der Waals surface area contributed by atoms with Gasteiger partial charge >= 0.3 is 0 Å². The van der Waals surface area contributed by atoms with Crippen molar-refractivity contribution in [2.24, 2.45) is 0 Å². The third kappa shape index (κ3) is 7.46. The van der Waals surface area contributed by atoms with E-state index < -0.39 is 0 Å². The van der Waals surface area contributed by atoms with E-state index in [-0.39, 0.29) is 0 Å².